The summed E-state index contributed by atoms with van der Waals surface area (Å²) in [6.45, 7) is 0. The molecule has 90 valence electrons. The van der Waals surface area contributed by atoms with Crippen LogP contribution in [0.2, 0.25) is 0 Å². The van der Waals surface area contributed by atoms with Gasteiger partial charge in [-0.25, -0.2) is 4.79 Å². The Balaban J connectivity index is 2.26. The van der Waals surface area contributed by atoms with Crippen LogP contribution in [0.15, 0.2) is 60.4 Å². The summed E-state index contributed by atoms with van der Waals surface area (Å²) in [5.74, 6) is -2.00. The molecule has 3 heteroatoms. The van der Waals surface area contributed by atoms with Crippen molar-refractivity contribution in [2.75, 3.05) is 0 Å². The average Bonchev–Trinajstić information content (AvgIpc) is 2.40. The van der Waals surface area contributed by atoms with Crippen molar-refractivity contribution in [2.24, 2.45) is 0 Å². The van der Waals surface area contributed by atoms with Crippen molar-refractivity contribution in [1.82, 2.24) is 0 Å². The van der Waals surface area contributed by atoms with Gasteiger partial charge in [0.1, 0.15) is 0 Å². The second kappa shape index (κ2) is 5.19. The van der Waals surface area contributed by atoms with Gasteiger partial charge in [0, 0.05) is 0 Å². The zero-order chi connectivity index (χ0) is 13.0. The van der Waals surface area contributed by atoms with E-state index in [4.69, 9.17) is 10.2 Å². The van der Waals surface area contributed by atoms with Crippen molar-refractivity contribution in [2.45, 2.75) is 0 Å². The standard InChI is InChI=1S/C15H12O3/c16-14(15(17)18)10-11-6-8-13(9-7-11)12-4-2-1-3-5-12/h1-10,16H,(H,17,18)/b14-10+. The van der Waals surface area contributed by atoms with Gasteiger partial charge >= 0.3 is 5.97 Å². The summed E-state index contributed by atoms with van der Waals surface area (Å²) in [5, 5.41) is 17.7. The number of carboxylic acid groups (broad SMARTS) is 1. The Labute approximate surface area is 105 Å². The maximum absolute atomic E-state index is 10.5. The van der Waals surface area contributed by atoms with E-state index in [2.05, 4.69) is 0 Å². The lowest BCUT2D eigenvalue weighted by Crippen LogP contribution is -1.98. The Hall–Kier alpha value is -2.55. The third-order valence-corrected chi connectivity index (χ3v) is 2.54. The predicted octanol–water partition coefficient (Wildman–Crippen LogP) is 3.34. The monoisotopic (exact) mass is 240 g/mol. The van der Waals surface area contributed by atoms with Crippen LogP contribution < -0.4 is 0 Å². The largest absolute Gasteiger partial charge is 0.502 e. The first-order valence-electron chi connectivity index (χ1n) is 5.46. The quantitative estimate of drug-likeness (QED) is 0.639. The first kappa shape index (κ1) is 11.9. The molecule has 18 heavy (non-hydrogen) atoms. The van der Waals surface area contributed by atoms with Crippen molar-refractivity contribution >= 4 is 12.0 Å². The van der Waals surface area contributed by atoms with E-state index < -0.39 is 11.7 Å². The lowest BCUT2D eigenvalue weighted by Gasteiger charge is -2.02. The van der Waals surface area contributed by atoms with Gasteiger partial charge in [0.2, 0.25) is 5.76 Å². The molecule has 2 rings (SSSR count). The number of aliphatic hydroxyl groups is 1. The molecular formula is C15H12O3. The minimum Gasteiger partial charge on any atom is -0.502 e. The van der Waals surface area contributed by atoms with Gasteiger partial charge in [-0.2, -0.15) is 0 Å². The Morgan fingerprint density at radius 1 is 0.833 bits per heavy atom. The highest BCUT2D eigenvalue weighted by Gasteiger charge is 2.03. The topological polar surface area (TPSA) is 57.5 Å². The van der Waals surface area contributed by atoms with Crippen LogP contribution in [0, 0.1) is 0 Å². The van der Waals surface area contributed by atoms with Crippen molar-refractivity contribution in [3.8, 4) is 11.1 Å². The summed E-state index contributed by atoms with van der Waals surface area (Å²) in [6, 6.07) is 17.2. The van der Waals surface area contributed by atoms with E-state index in [1.54, 1.807) is 12.1 Å². The Kier molecular flexibility index (Phi) is 3.44. The van der Waals surface area contributed by atoms with Gasteiger partial charge < -0.3 is 10.2 Å². The fourth-order valence-electron chi connectivity index (χ4n) is 1.62. The van der Waals surface area contributed by atoms with Crippen LogP contribution in [0.3, 0.4) is 0 Å². The van der Waals surface area contributed by atoms with Gasteiger partial charge in [-0.3, -0.25) is 0 Å². The molecule has 3 nitrogen and oxygen atoms in total. The molecule has 0 fully saturated rings. The van der Waals surface area contributed by atoms with E-state index >= 15 is 0 Å². The third-order valence-electron chi connectivity index (χ3n) is 2.54. The number of carboxylic acids is 1. The first-order chi connectivity index (χ1) is 8.66. The van der Waals surface area contributed by atoms with Gasteiger partial charge in [-0.15, -0.1) is 0 Å². The highest BCUT2D eigenvalue weighted by Crippen LogP contribution is 2.19. The van der Waals surface area contributed by atoms with Crippen molar-refractivity contribution in [3.05, 3.63) is 65.9 Å². The zero-order valence-corrected chi connectivity index (χ0v) is 9.58. The molecule has 0 amide bonds. The van der Waals surface area contributed by atoms with E-state index in [-0.39, 0.29) is 0 Å². The van der Waals surface area contributed by atoms with Crippen LogP contribution in [-0.2, 0) is 4.79 Å². The van der Waals surface area contributed by atoms with Gasteiger partial charge in [0.15, 0.2) is 0 Å². The molecule has 0 atom stereocenters. The normalized spacial score (nSPS) is 11.2. The van der Waals surface area contributed by atoms with E-state index in [1.807, 2.05) is 42.5 Å². The van der Waals surface area contributed by atoms with Crippen LogP contribution in [0.25, 0.3) is 17.2 Å². The maximum Gasteiger partial charge on any atom is 0.370 e. The Bertz CT molecular complexity index is 568. The molecule has 2 N–H and O–H groups in total. The van der Waals surface area contributed by atoms with Crippen molar-refractivity contribution in [3.63, 3.8) is 0 Å². The van der Waals surface area contributed by atoms with Crippen LogP contribution in [0.5, 0.6) is 0 Å². The minimum atomic E-state index is -1.33. The van der Waals surface area contributed by atoms with Gasteiger partial charge in [-0.1, -0.05) is 54.6 Å². The number of hydrogen-bond acceptors (Lipinski definition) is 2. The maximum atomic E-state index is 10.5. The summed E-state index contributed by atoms with van der Waals surface area (Å²) in [5.41, 5.74) is 2.78. The molecule has 0 heterocycles. The van der Waals surface area contributed by atoms with Crippen molar-refractivity contribution in [1.29, 1.82) is 0 Å². The molecular weight excluding hydrogens is 228 g/mol. The molecule has 0 saturated carbocycles. The molecule has 0 bridgehead atoms. The molecule has 0 aromatic heterocycles. The van der Waals surface area contributed by atoms with Gasteiger partial charge in [0.05, 0.1) is 0 Å². The molecule has 0 aliphatic heterocycles. The average molecular weight is 240 g/mol. The van der Waals surface area contributed by atoms with E-state index in [0.29, 0.717) is 5.56 Å². The second-order valence-corrected chi connectivity index (χ2v) is 3.82. The summed E-state index contributed by atoms with van der Waals surface area (Å²) >= 11 is 0. The highest BCUT2D eigenvalue weighted by molar-refractivity contribution is 5.89. The van der Waals surface area contributed by atoms with Gasteiger partial charge in [-0.05, 0) is 22.8 Å². The zero-order valence-electron chi connectivity index (χ0n) is 9.58. The SMILES string of the molecule is O=C(O)/C(O)=C\c1ccc(-c2ccccc2)cc1. The lowest BCUT2D eigenvalue weighted by molar-refractivity contribution is -0.135. The Morgan fingerprint density at radius 2 is 1.39 bits per heavy atom. The van der Waals surface area contributed by atoms with Crippen LogP contribution in [-0.4, -0.2) is 16.2 Å². The lowest BCUT2D eigenvalue weighted by atomic mass is 10.0. The highest BCUT2D eigenvalue weighted by atomic mass is 16.4. The summed E-state index contributed by atoms with van der Waals surface area (Å²) in [7, 11) is 0. The van der Waals surface area contributed by atoms with E-state index in [9.17, 15) is 4.79 Å². The summed E-state index contributed by atoms with van der Waals surface area (Å²) in [6.07, 6.45) is 1.22. The third kappa shape index (κ3) is 2.77. The van der Waals surface area contributed by atoms with Gasteiger partial charge in [0.25, 0.3) is 0 Å². The molecule has 2 aromatic rings. The molecule has 0 saturated heterocycles. The van der Waals surface area contributed by atoms with E-state index in [0.717, 1.165) is 11.1 Å². The number of carbonyl (C=O) groups is 1. The molecule has 0 spiro atoms. The fourth-order valence-corrected chi connectivity index (χ4v) is 1.62. The molecule has 0 aliphatic rings. The summed E-state index contributed by atoms with van der Waals surface area (Å²) in [4.78, 5) is 10.5. The van der Waals surface area contributed by atoms with E-state index in [1.165, 1.54) is 6.08 Å². The first-order valence-corrected chi connectivity index (χ1v) is 5.46. The van der Waals surface area contributed by atoms with Crippen LogP contribution in [0.1, 0.15) is 5.56 Å². The predicted molar refractivity (Wildman–Crippen MR) is 70.1 cm³/mol. The smallest absolute Gasteiger partial charge is 0.370 e. The number of aliphatic carboxylic acids is 1. The second-order valence-electron chi connectivity index (χ2n) is 3.82. The number of aliphatic hydroxyl groups excluding tert-OH is 1. The minimum absolute atomic E-state index is 0.648. The van der Waals surface area contributed by atoms with Crippen molar-refractivity contribution < 1.29 is 15.0 Å². The molecule has 2 aromatic carbocycles. The Morgan fingerprint density at radius 3 is 1.94 bits per heavy atom. The number of rotatable bonds is 3. The number of benzene rings is 2. The van der Waals surface area contributed by atoms with Crippen LogP contribution in [0.4, 0.5) is 0 Å². The fraction of sp³-hybridized carbons (Fsp3) is 0. The number of hydrogen-bond donors (Lipinski definition) is 2. The van der Waals surface area contributed by atoms with Crippen LogP contribution >= 0.6 is 0 Å². The summed E-state index contributed by atoms with van der Waals surface area (Å²) < 4.78 is 0. The molecule has 0 aliphatic carbocycles. The molecule has 0 unspecified atom stereocenters. The molecule has 0 radical (unpaired) electrons.